The highest BCUT2D eigenvalue weighted by Crippen LogP contribution is 2.51. The summed E-state index contributed by atoms with van der Waals surface area (Å²) in [6.45, 7) is 0. The molecule has 0 aromatic heterocycles. The van der Waals surface area contributed by atoms with Crippen LogP contribution in [0, 0.1) is 0 Å². The molecule has 0 saturated carbocycles. The first kappa shape index (κ1) is 10.3. The van der Waals surface area contributed by atoms with Gasteiger partial charge >= 0.3 is 0 Å². The molecule has 4 rings (SSSR count). The zero-order valence-corrected chi connectivity index (χ0v) is 9.89. The Labute approximate surface area is 106 Å². The first-order valence-corrected chi connectivity index (χ1v) is 6.18. The van der Waals surface area contributed by atoms with E-state index in [0.717, 1.165) is 17.5 Å². The molecule has 2 aliphatic heterocycles. The maximum Gasteiger partial charge on any atom is 0.184 e. The van der Waals surface area contributed by atoms with E-state index in [0.29, 0.717) is 0 Å². The Morgan fingerprint density at radius 1 is 1.06 bits per heavy atom. The van der Waals surface area contributed by atoms with Gasteiger partial charge in [0.05, 0.1) is 6.10 Å². The highest BCUT2D eigenvalue weighted by Gasteiger charge is 2.49. The Morgan fingerprint density at radius 2 is 1.78 bits per heavy atom. The molecule has 0 fully saturated rings. The van der Waals surface area contributed by atoms with Gasteiger partial charge in [-0.25, -0.2) is 5.43 Å². The van der Waals surface area contributed by atoms with E-state index >= 15 is 0 Å². The Balaban J connectivity index is 2.05. The number of nitrogens with one attached hydrogen (secondary N) is 1. The van der Waals surface area contributed by atoms with Crippen LogP contribution in [0.4, 0.5) is 0 Å². The Hall–Kier alpha value is -1.68. The minimum atomic E-state index is -0.671. The van der Waals surface area contributed by atoms with Crippen LogP contribution in [0.2, 0.25) is 0 Å². The Bertz CT molecular complexity index is 612. The lowest BCUT2D eigenvalue weighted by molar-refractivity contribution is -0.0826. The van der Waals surface area contributed by atoms with E-state index in [1.54, 1.807) is 0 Å². The molecule has 3 N–H and O–H groups in total. The van der Waals surface area contributed by atoms with Gasteiger partial charge in [-0.05, 0) is 11.1 Å². The number of hydrogen-bond donors (Lipinski definition) is 2. The molecule has 3 nitrogen and oxygen atoms in total. The zero-order valence-electron chi connectivity index (χ0n) is 9.89. The summed E-state index contributed by atoms with van der Waals surface area (Å²) in [5.41, 5.74) is 7.05. The summed E-state index contributed by atoms with van der Waals surface area (Å²) in [7, 11) is 0. The molecule has 2 aromatic carbocycles. The molecule has 2 bridgehead atoms. The number of hydrogen-bond acceptors (Lipinski definition) is 3. The highest BCUT2D eigenvalue weighted by atomic mass is 16.5. The van der Waals surface area contributed by atoms with Crippen LogP contribution in [0.15, 0.2) is 48.5 Å². The number of hydrazine groups is 1. The fraction of sp³-hybridized carbons (Fsp3) is 0.200. The van der Waals surface area contributed by atoms with Gasteiger partial charge in [-0.3, -0.25) is 5.84 Å². The molecule has 0 saturated heterocycles. The summed E-state index contributed by atoms with van der Waals surface area (Å²) in [5.74, 6) is 5.83. The smallest absolute Gasteiger partial charge is 0.184 e. The van der Waals surface area contributed by atoms with Crippen molar-refractivity contribution in [3.05, 3.63) is 70.8 Å². The number of rotatable bonds is 1. The van der Waals surface area contributed by atoms with E-state index in [4.69, 9.17) is 10.6 Å². The monoisotopic (exact) mass is 238 g/mol. The molecule has 2 atom stereocenters. The average Bonchev–Trinajstić information content (AvgIpc) is 2.71. The van der Waals surface area contributed by atoms with Gasteiger partial charge in [0.2, 0.25) is 0 Å². The predicted molar refractivity (Wildman–Crippen MR) is 68.5 cm³/mol. The van der Waals surface area contributed by atoms with Crippen LogP contribution in [0.25, 0.3) is 0 Å². The van der Waals surface area contributed by atoms with Crippen molar-refractivity contribution in [2.75, 3.05) is 0 Å². The lowest BCUT2D eigenvalue weighted by atomic mass is 9.91. The predicted octanol–water partition coefficient (Wildman–Crippen LogP) is 1.98. The quantitative estimate of drug-likeness (QED) is 0.590. The topological polar surface area (TPSA) is 47.3 Å². The van der Waals surface area contributed by atoms with Crippen molar-refractivity contribution in [2.45, 2.75) is 18.2 Å². The zero-order chi connectivity index (χ0) is 12.2. The van der Waals surface area contributed by atoms with Gasteiger partial charge < -0.3 is 4.74 Å². The lowest BCUT2D eigenvalue weighted by Gasteiger charge is -2.35. The standard InChI is InChI=1S/C15H14N2O/c16-17-15-12-7-3-1-5-10(12)9-14(18-15)11-6-2-4-8-13(11)15/h1-8,14,17H,9,16H2. The van der Waals surface area contributed by atoms with E-state index in [2.05, 4.69) is 41.8 Å². The summed E-state index contributed by atoms with van der Waals surface area (Å²) in [6, 6.07) is 16.7. The largest absolute Gasteiger partial charge is 0.342 e. The summed E-state index contributed by atoms with van der Waals surface area (Å²) in [5, 5.41) is 0. The summed E-state index contributed by atoms with van der Waals surface area (Å²) < 4.78 is 6.19. The third-order valence-electron chi connectivity index (χ3n) is 4.01. The maximum atomic E-state index is 6.19. The van der Waals surface area contributed by atoms with Gasteiger partial charge in [-0.15, -0.1) is 0 Å². The molecule has 0 spiro atoms. The molecule has 90 valence electrons. The van der Waals surface area contributed by atoms with Crippen molar-refractivity contribution in [3.63, 3.8) is 0 Å². The maximum absolute atomic E-state index is 6.19. The van der Waals surface area contributed by atoms with Gasteiger partial charge in [0.15, 0.2) is 5.72 Å². The van der Waals surface area contributed by atoms with Gasteiger partial charge in [-0.2, -0.15) is 0 Å². The summed E-state index contributed by atoms with van der Waals surface area (Å²) >= 11 is 0. The van der Waals surface area contributed by atoms with Crippen molar-refractivity contribution in [2.24, 2.45) is 5.84 Å². The fourth-order valence-corrected chi connectivity index (χ4v) is 3.23. The van der Waals surface area contributed by atoms with Crippen LogP contribution >= 0.6 is 0 Å². The number of benzene rings is 2. The molecular weight excluding hydrogens is 224 g/mol. The van der Waals surface area contributed by atoms with Crippen LogP contribution in [0.3, 0.4) is 0 Å². The van der Waals surface area contributed by atoms with Gasteiger partial charge in [-0.1, -0.05) is 48.5 Å². The SMILES string of the molecule is NNC12OC(Cc3ccccc31)c1ccccc12. The first-order valence-electron chi connectivity index (χ1n) is 6.18. The molecular formula is C15H14N2O. The molecule has 2 aromatic rings. The second-order valence-electron chi connectivity index (χ2n) is 4.88. The minimum absolute atomic E-state index is 0.104. The fourth-order valence-electron chi connectivity index (χ4n) is 3.23. The van der Waals surface area contributed by atoms with Crippen molar-refractivity contribution in [1.29, 1.82) is 0 Å². The van der Waals surface area contributed by atoms with Crippen LogP contribution in [-0.2, 0) is 16.9 Å². The van der Waals surface area contributed by atoms with Crippen molar-refractivity contribution in [1.82, 2.24) is 5.43 Å². The summed E-state index contributed by atoms with van der Waals surface area (Å²) in [4.78, 5) is 0. The molecule has 2 heterocycles. The van der Waals surface area contributed by atoms with Crippen LogP contribution in [0.1, 0.15) is 28.4 Å². The van der Waals surface area contributed by atoms with Gasteiger partial charge in [0.1, 0.15) is 0 Å². The van der Waals surface area contributed by atoms with Crippen LogP contribution in [-0.4, -0.2) is 0 Å². The molecule has 2 aliphatic rings. The Kier molecular flexibility index (Phi) is 1.95. The molecule has 3 heteroatoms. The number of ether oxygens (including phenoxy) is 1. The average molecular weight is 238 g/mol. The van der Waals surface area contributed by atoms with E-state index in [1.807, 2.05) is 12.1 Å². The van der Waals surface area contributed by atoms with Gasteiger partial charge in [0.25, 0.3) is 0 Å². The number of fused-ring (bicyclic) bond motifs is 7. The van der Waals surface area contributed by atoms with Gasteiger partial charge in [0, 0.05) is 17.5 Å². The minimum Gasteiger partial charge on any atom is -0.342 e. The second kappa shape index (κ2) is 3.42. The van der Waals surface area contributed by atoms with Crippen molar-refractivity contribution < 1.29 is 4.74 Å². The van der Waals surface area contributed by atoms with Crippen molar-refractivity contribution in [3.8, 4) is 0 Å². The van der Waals surface area contributed by atoms with Crippen LogP contribution in [0.5, 0.6) is 0 Å². The van der Waals surface area contributed by atoms with E-state index in [-0.39, 0.29) is 6.10 Å². The molecule has 18 heavy (non-hydrogen) atoms. The van der Waals surface area contributed by atoms with Crippen molar-refractivity contribution >= 4 is 0 Å². The molecule has 0 amide bonds. The third kappa shape index (κ3) is 1.09. The molecule has 2 unspecified atom stereocenters. The van der Waals surface area contributed by atoms with Crippen LogP contribution < -0.4 is 11.3 Å². The van der Waals surface area contributed by atoms with E-state index in [9.17, 15) is 0 Å². The summed E-state index contributed by atoms with van der Waals surface area (Å²) in [6.07, 6.45) is 1.02. The highest BCUT2D eigenvalue weighted by molar-refractivity contribution is 5.51. The Morgan fingerprint density at radius 3 is 2.61 bits per heavy atom. The molecule has 0 aliphatic carbocycles. The second-order valence-corrected chi connectivity index (χ2v) is 4.88. The first-order chi connectivity index (χ1) is 8.85. The lowest BCUT2D eigenvalue weighted by Crippen LogP contribution is -2.49. The van der Waals surface area contributed by atoms with E-state index < -0.39 is 5.72 Å². The molecule has 0 radical (unpaired) electrons. The normalized spacial score (nSPS) is 27.7. The van der Waals surface area contributed by atoms with E-state index in [1.165, 1.54) is 11.1 Å². The number of nitrogens with two attached hydrogens (primary N) is 1. The third-order valence-corrected chi connectivity index (χ3v) is 4.01.